The number of nitrogens with zero attached hydrogens (tertiary/aromatic N) is 3. The van der Waals surface area contributed by atoms with Crippen LogP contribution >= 0.6 is 0 Å². The molecule has 2 aromatic carbocycles. The first-order chi connectivity index (χ1) is 17.4. The highest BCUT2D eigenvalue weighted by Crippen LogP contribution is 2.30. The largest absolute Gasteiger partial charge is 0.508 e. The zero-order valence-electron chi connectivity index (χ0n) is 20.6. The molecule has 1 saturated heterocycles. The summed E-state index contributed by atoms with van der Waals surface area (Å²) in [5.41, 5.74) is 10.1. The fourth-order valence-electron chi connectivity index (χ4n) is 4.63. The van der Waals surface area contributed by atoms with Crippen LogP contribution in [0.2, 0.25) is 0 Å². The maximum Gasteiger partial charge on any atom is 0.214 e. The van der Waals surface area contributed by atoms with Crippen molar-refractivity contribution in [1.82, 2.24) is 19.7 Å². The summed E-state index contributed by atoms with van der Waals surface area (Å²) in [7, 11) is 0. The number of carbonyl (C=O) groups excluding carboxylic acids is 1. The lowest BCUT2D eigenvalue weighted by atomic mass is 10.1. The summed E-state index contributed by atoms with van der Waals surface area (Å²) in [5.74, 6) is 0.885. The predicted molar refractivity (Wildman–Crippen MR) is 138 cm³/mol. The molecule has 0 amide bonds. The molecular weight excluding hydrogens is 458 g/mol. The number of benzene rings is 2. The van der Waals surface area contributed by atoms with Gasteiger partial charge in [-0.1, -0.05) is 6.07 Å². The van der Waals surface area contributed by atoms with Gasteiger partial charge in [0.15, 0.2) is 0 Å². The number of morpholine rings is 1. The molecule has 0 bridgehead atoms. The Morgan fingerprint density at radius 3 is 2.81 bits per heavy atom. The van der Waals surface area contributed by atoms with Gasteiger partial charge < -0.3 is 25.3 Å². The van der Waals surface area contributed by atoms with Crippen molar-refractivity contribution in [2.75, 3.05) is 45.2 Å². The highest BCUT2D eigenvalue weighted by Gasteiger charge is 2.22. The Labute approximate surface area is 209 Å². The van der Waals surface area contributed by atoms with Gasteiger partial charge in [0.25, 0.3) is 0 Å². The van der Waals surface area contributed by atoms with Gasteiger partial charge in [0, 0.05) is 36.1 Å². The van der Waals surface area contributed by atoms with Gasteiger partial charge >= 0.3 is 0 Å². The Bertz CT molecular complexity index is 1400. The van der Waals surface area contributed by atoms with E-state index in [0.29, 0.717) is 29.1 Å². The predicted octanol–water partition coefficient (Wildman–Crippen LogP) is 3.59. The number of phenolic OH excluding ortho intramolecular Hbond substituents is 1. The number of aryl methyl sites for hydroxylation is 1. The third kappa shape index (κ3) is 4.67. The average Bonchev–Trinajstić information content (AvgIpc) is 3.48. The Kier molecular flexibility index (Phi) is 6.67. The maximum atomic E-state index is 13.3. The minimum absolute atomic E-state index is 0.146. The highest BCUT2D eigenvalue weighted by atomic mass is 16.5. The molecule has 4 N–H and O–H groups in total. The van der Waals surface area contributed by atoms with E-state index in [0.717, 1.165) is 61.5 Å². The van der Waals surface area contributed by atoms with Crippen LogP contribution in [0.4, 0.5) is 5.82 Å². The van der Waals surface area contributed by atoms with Crippen molar-refractivity contribution >= 4 is 22.5 Å². The monoisotopic (exact) mass is 489 g/mol. The van der Waals surface area contributed by atoms with Gasteiger partial charge in [-0.05, 0) is 56.2 Å². The van der Waals surface area contributed by atoms with Crippen LogP contribution in [0.15, 0.2) is 42.6 Å². The number of H-pyrrole nitrogens is 1. The molecule has 0 spiro atoms. The Balaban J connectivity index is 1.30. The number of nitrogen functional groups attached to an aromatic ring is 1. The number of aromatic nitrogens is 3. The van der Waals surface area contributed by atoms with Gasteiger partial charge in [-0.25, -0.2) is 4.68 Å². The number of carbonyl (C=O) groups is 1. The number of nitrogens with two attached hydrogens (primary N) is 1. The Morgan fingerprint density at radius 2 is 2.00 bits per heavy atom. The van der Waals surface area contributed by atoms with Gasteiger partial charge in [-0.3, -0.25) is 9.69 Å². The molecule has 3 heterocycles. The normalized spacial score (nSPS) is 14.4. The molecule has 1 fully saturated rings. The molecule has 0 radical (unpaired) electrons. The van der Waals surface area contributed by atoms with Gasteiger partial charge in [0.05, 0.1) is 43.0 Å². The van der Waals surface area contributed by atoms with Gasteiger partial charge in [-0.2, -0.15) is 5.10 Å². The average molecular weight is 490 g/mol. The first-order valence-electron chi connectivity index (χ1n) is 12.2. The lowest BCUT2D eigenvalue weighted by molar-refractivity contribution is 0.0358. The van der Waals surface area contributed by atoms with E-state index < -0.39 is 0 Å². The fraction of sp³-hybridized carbons (Fsp3) is 0.333. The SMILES string of the molecule is Cc1ccc(O)c(C)c1-n1ncc(C(=O)c2cc3cc(OCCCN4CCOCC4)ccc3[nH]2)c1N. The summed E-state index contributed by atoms with van der Waals surface area (Å²) >= 11 is 0. The van der Waals surface area contributed by atoms with Crippen LogP contribution < -0.4 is 10.5 Å². The minimum Gasteiger partial charge on any atom is -0.508 e. The molecule has 0 unspecified atom stereocenters. The smallest absolute Gasteiger partial charge is 0.214 e. The lowest BCUT2D eigenvalue weighted by Crippen LogP contribution is -2.37. The summed E-state index contributed by atoms with van der Waals surface area (Å²) < 4.78 is 12.8. The third-order valence-electron chi connectivity index (χ3n) is 6.69. The minimum atomic E-state index is -0.251. The van der Waals surface area contributed by atoms with Crippen LogP contribution in [-0.2, 0) is 4.74 Å². The summed E-state index contributed by atoms with van der Waals surface area (Å²) in [6, 6.07) is 11.0. The zero-order valence-corrected chi connectivity index (χ0v) is 20.6. The number of ether oxygens (including phenoxy) is 2. The molecule has 1 aliphatic rings. The second-order valence-electron chi connectivity index (χ2n) is 9.15. The van der Waals surface area contributed by atoms with Crippen molar-refractivity contribution in [3.63, 3.8) is 0 Å². The van der Waals surface area contributed by atoms with E-state index >= 15 is 0 Å². The molecule has 0 atom stereocenters. The molecule has 188 valence electrons. The zero-order chi connectivity index (χ0) is 25.2. The number of fused-ring (bicyclic) bond motifs is 1. The second kappa shape index (κ2) is 10.0. The lowest BCUT2D eigenvalue weighted by Gasteiger charge is -2.26. The Hall–Kier alpha value is -3.82. The summed E-state index contributed by atoms with van der Waals surface area (Å²) in [6.45, 7) is 8.87. The number of aromatic amines is 1. The standard InChI is InChI=1S/C27H31N5O4/c1-17-4-7-24(33)18(2)25(17)32-27(28)21(16-29-32)26(34)23-15-19-14-20(5-6-22(19)30-23)36-11-3-8-31-9-12-35-13-10-31/h4-7,14-16,30,33H,3,8-13,28H2,1-2H3. The topological polar surface area (TPSA) is 119 Å². The number of anilines is 1. The second-order valence-corrected chi connectivity index (χ2v) is 9.15. The van der Waals surface area contributed by atoms with Gasteiger partial charge in [0.1, 0.15) is 17.3 Å². The van der Waals surface area contributed by atoms with E-state index in [9.17, 15) is 9.90 Å². The number of rotatable bonds is 8. The van der Waals surface area contributed by atoms with Gasteiger partial charge in [-0.15, -0.1) is 0 Å². The molecule has 9 heteroatoms. The first-order valence-corrected chi connectivity index (χ1v) is 12.2. The maximum absolute atomic E-state index is 13.3. The van der Waals surface area contributed by atoms with E-state index in [4.69, 9.17) is 15.2 Å². The van der Waals surface area contributed by atoms with Crippen molar-refractivity contribution in [2.45, 2.75) is 20.3 Å². The van der Waals surface area contributed by atoms with Crippen LogP contribution in [0.25, 0.3) is 16.6 Å². The van der Waals surface area contributed by atoms with Crippen molar-refractivity contribution in [2.24, 2.45) is 0 Å². The van der Waals surface area contributed by atoms with Crippen LogP contribution in [0.5, 0.6) is 11.5 Å². The molecule has 5 rings (SSSR count). The highest BCUT2D eigenvalue weighted by molar-refractivity contribution is 6.12. The number of hydrogen-bond donors (Lipinski definition) is 3. The van der Waals surface area contributed by atoms with Crippen LogP contribution in [0, 0.1) is 13.8 Å². The van der Waals surface area contributed by atoms with E-state index in [1.807, 2.05) is 25.1 Å². The fourth-order valence-corrected chi connectivity index (χ4v) is 4.63. The number of nitrogens with one attached hydrogen (secondary N) is 1. The molecule has 0 saturated carbocycles. The van der Waals surface area contributed by atoms with E-state index in [2.05, 4.69) is 15.0 Å². The molecular formula is C27H31N5O4. The third-order valence-corrected chi connectivity index (χ3v) is 6.69. The van der Waals surface area contributed by atoms with Crippen LogP contribution in [0.3, 0.4) is 0 Å². The van der Waals surface area contributed by atoms with Crippen molar-refractivity contribution in [3.8, 4) is 17.2 Å². The van der Waals surface area contributed by atoms with Gasteiger partial charge in [0.2, 0.25) is 5.78 Å². The molecule has 0 aliphatic carbocycles. The van der Waals surface area contributed by atoms with E-state index in [1.165, 1.54) is 10.9 Å². The van der Waals surface area contributed by atoms with Crippen LogP contribution in [-0.4, -0.2) is 70.0 Å². The van der Waals surface area contributed by atoms with Crippen molar-refractivity contribution < 1.29 is 19.4 Å². The molecule has 1 aliphatic heterocycles. The summed E-state index contributed by atoms with van der Waals surface area (Å²) in [5, 5.41) is 15.4. The number of hydrogen-bond acceptors (Lipinski definition) is 7. The molecule has 36 heavy (non-hydrogen) atoms. The van der Waals surface area contributed by atoms with Crippen molar-refractivity contribution in [1.29, 1.82) is 0 Å². The number of phenols is 1. The molecule has 9 nitrogen and oxygen atoms in total. The first kappa shape index (κ1) is 23.9. The number of ketones is 1. The van der Waals surface area contributed by atoms with Crippen LogP contribution in [0.1, 0.15) is 33.6 Å². The summed E-state index contributed by atoms with van der Waals surface area (Å²) in [4.78, 5) is 18.9. The van der Waals surface area contributed by atoms with E-state index in [-0.39, 0.29) is 17.4 Å². The summed E-state index contributed by atoms with van der Waals surface area (Å²) in [6.07, 6.45) is 2.41. The van der Waals surface area contributed by atoms with Crippen molar-refractivity contribution in [3.05, 3.63) is 65.0 Å². The molecule has 2 aromatic heterocycles. The molecule has 4 aromatic rings. The van der Waals surface area contributed by atoms with E-state index in [1.54, 1.807) is 25.1 Å². The number of aromatic hydroxyl groups is 1. The quantitative estimate of drug-likeness (QED) is 0.256. The Morgan fingerprint density at radius 1 is 1.19 bits per heavy atom.